The van der Waals surface area contributed by atoms with Gasteiger partial charge in [0.05, 0.1) is 23.3 Å². The van der Waals surface area contributed by atoms with Crippen LogP contribution in [-0.2, 0) is 0 Å². The van der Waals surface area contributed by atoms with Gasteiger partial charge in [0.2, 0.25) is 0 Å². The summed E-state index contributed by atoms with van der Waals surface area (Å²) in [5.74, 6) is 0. The average Bonchev–Trinajstić information content (AvgIpc) is 3.53. The molecular formula is C46H28N4O. The van der Waals surface area contributed by atoms with Crippen molar-refractivity contribution >= 4 is 77.6 Å². The van der Waals surface area contributed by atoms with E-state index in [9.17, 15) is 10.5 Å². The number of nitrogens with zero attached hydrogens (tertiary/aromatic N) is 4. The first-order valence-corrected chi connectivity index (χ1v) is 16.7. The summed E-state index contributed by atoms with van der Waals surface area (Å²) < 4.78 is 6.57. The van der Waals surface area contributed by atoms with Crippen molar-refractivity contribution in [2.24, 2.45) is 0 Å². The Morgan fingerprint density at radius 1 is 0.353 bits per heavy atom. The van der Waals surface area contributed by atoms with Gasteiger partial charge in [0, 0.05) is 44.9 Å². The van der Waals surface area contributed by atoms with Crippen LogP contribution >= 0.6 is 0 Å². The molecule has 238 valence electrons. The van der Waals surface area contributed by atoms with Crippen molar-refractivity contribution in [1.82, 2.24) is 0 Å². The van der Waals surface area contributed by atoms with Gasteiger partial charge in [-0.15, -0.1) is 0 Å². The predicted octanol–water partition coefficient (Wildman–Crippen LogP) is 12.6. The van der Waals surface area contributed by atoms with Crippen LogP contribution in [0.15, 0.2) is 174 Å². The van der Waals surface area contributed by atoms with E-state index < -0.39 is 0 Å². The third-order valence-electron chi connectivity index (χ3n) is 9.41. The van der Waals surface area contributed by atoms with Crippen LogP contribution in [0, 0.1) is 22.7 Å². The monoisotopic (exact) mass is 652 g/mol. The van der Waals surface area contributed by atoms with Crippen molar-refractivity contribution in [3.63, 3.8) is 0 Å². The van der Waals surface area contributed by atoms with Crippen LogP contribution in [0.1, 0.15) is 11.1 Å². The molecule has 0 bridgehead atoms. The van der Waals surface area contributed by atoms with Gasteiger partial charge in [-0.3, -0.25) is 0 Å². The summed E-state index contributed by atoms with van der Waals surface area (Å²) in [5.41, 5.74) is 8.94. The highest BCUT2D eigenvalue weighted by atomic mass is 16.3. The fraction of sp³-hybridized carbons (Fsp3) is 0. The number of nitriles is 2. The summed E-state index contributed by atoms with van der Waals surface area (Å²) in [4.78, 5) is 4.40. The molecule has 0 fully saturated rings. The fourth-order valence-electron chi connectivity index (χ4n) is 6.93. The smallest absolute Gasteiger partial charge is 0.136 e. The van der Waals surface area contributed by atoms with Gasteiger partial charge in [-0.25, -0.2) is 0 Å². The van der Waals surface area contributed by atoms with Crippen molar-refractivity contribution in [3.05, 3.63) is 181 Å². The molecule has 9 rings (SSSR count). The molecule has 0 N–H and O–H groups in total. The number of rotatable bonds is 6. The third-order valence-corrected chi connectivity index (χ3v) is 9.41. The minimum atomic E-state index is 0.626. The van der Waals surface area contributed by atoms with Gasteiger partial charge < -0.3 is 14.2 Å². The summed E-state index contributed by atoms with van der Waals surface area (Å²) in [6, 6.07) is 62.0. The van der Waals surface area contributed by atoms with E-state index in [1.54, 1.807) is 0 Å². The lowest BCUT2D eigenvalue weighted by atomic mass is 10.0. The highest BCUT2D eigenvalue weighted by Crippen LogP contribution is 2.41. The van der Waals surface area contributed by atoms with E-state index in [4.69, 9.17) is 4.42 Å². The normalized spacial score (nSPS) is 11.1. The molecule has 9 aromatic rings. The molecular weight excluding hydrogens is 625 g/mol. The summed E-state index contributed by atoms with van der Waals surface area (Å²) in [5, 5.41) is 25.3. The number of benzene rings is 8. The van der Waals surface area contributed by atoms with E-state index in [0.29, 0.717) is 11.1 Å². The highest BCUT2D eigenvalue weighted by Gasteiger charge is 2.17. The molecule has 0 aliphatic carbocycles. The second-order valence-electron chi connectivity index (χ2n) is 12.5. The topological polar surface area (TPSA) is 67.2 Å². The van der Waals surface area contributed by atoms with Crippen LogP contribution in [-0.4, -0.2) is 0 Å². The molecule has 1 heterocycles. The van der Waals surface area contributed by atoms with Crippen LogP contribution in [0.4, 0.5) is 34.1 Å². The average molecular weight is 653 g/mol. The van der Waals surface area contributed by atoms with Crippen molar-refractivity contribution in [3.8, 4) is 12.1 Å². The zero-order chi connectivity index (χ0) is 34.3. The van der Waals surface area contributed by atoms with Crippen LogP contribution in [0.2, 0.25) is 0 Å². The van der Waals surface area contributed by atoms with Gasteiger partial charge in [-0.05, 0) is 143 Å². The second kappa shape index (κ2) is 12.3. The van der Waals surface area contributed by atoms with Gasteiger partial charge in [0.25, 0.3) is 0 Å². The van der Waals surface area contributed by atoms with Gasteiger partial charge in [0.1, 0.15) is 11.2 Å². The van der Waals surface area contributed by atoms with Crippen LogP contribution in [0.5, 0.6) is 0 Å². The first-order valence-electron chi connectivity index (χ1n) is 16.7. The van der Waals surface area contributed by atoms with E-state index in [1.807, 2.05) is 84.9 Å². The molecule has 8 aromatic carbocycles. The molecule has 0 aliphatic heterocycles. The lowest BCUT2D eigenvalue weighted by molar-refractivity contribution is 0.670. The summed E-state index contributed by atoms with van der Waals surface area (Å²) in [6.07, 6.45) is 0. The molecule has 0 saturated heterocycles. The van der Waals surface area contributed by atoms with Crippen LogP contribution in [0.25, 0.3) is 43.5 Å². The molecule has 5 nitrogen and oxygen atoms in total. The Hall–Kier alpha value is -7.34. The molecule has 0 aliphatic rings. The van der Waals surface area contributed by atoms with E-state index >= 15 is 0 Å². The third kappa shape index (κ3) is 5.36. The van der Waals surface area contributed by atoms with E-state index in [2.05, 4.69) is 107 Å². The predicted molar refractivity (Wildman–Crippen MR) is 208 cm³/mol. The maximum atomic E-state index is 9.37. The Kier molecular flexibility index (Phi) is 7.17. The lowest BCUT2D eigenvalue weighted by Crippen LogP contribution is -2.09. The number of furan rings is 1. The SMILES string of the molecule is N#Cc1ccc(N(c2ccccc2)c2ccc3cc4c(cc3c2)oc2cc3cc(N(c5ccccc5)c5ccc(C#N)cc5)ccc3cc24)cc1. The van der Waals surface area contributed by atoms with Crippen LogP contribution in [0.3, 0.4) is 0 Å². The summed E-state index contributed by atoms with van der Waals surface area (Å²) >= 11 is 0. The number of fused-ring (bicyclic) bond motifs is 5. The fourth-order valence-corrected chi connectivity index (χ4v) is 6.93. The number of para-hydroxylation sites is 2. The zero-order valence-corrected chi connectivity index (χ0v) is 27.4. The molecule has 0 spiro atoms. The van der Waals surface area contributed by atoms with Crippen molar-refractivity contribution < 1.29 is 4.42 Å². The Bertz CT molecular complexity index is 2620. The largest absolute Gasteiger partial charge is 0.456 e. The Morgan fingerprint density at radius 3 is 1.12 bits per heavy atom. The van der Waals surface area contributed by atoms with Gasteiger partial charge in [0.15, 0.2) is 0 Å². The van der Waals surface area contributed by atoms with Gasteiger partial charge in [-0.1, -0.05) is 48.5 Å². The lowest BCUT2D eigenvalue weighted by Gasteiger charge is -2.25. The molecule has 0 radical (unpaired) electrons. The first-order chi connectivity index (χ1) is 25.1. The zero-order valence-electron chi connectivity index (χ0n) is 27.4. The van der Waals surface area contributed by atoms with Gasteiger partial charge in [-0.2, -0.15) is 10.5 Å². The quantitative estimate of drug-likeness (QED) is 0.179. The molecule has 51 heavy (non-hydrogen) atoms. The summed E-state index contributed by atoms with van der Waals surface area (Å²) in [7, 11) is 0. The van der Waals surface area contributed by atoms with E-state index in [1.165, 1.54) is 0 Å². The highest BCUT2D eigenvalue weighted by molar-refractivity contribution is 6.14. The number of hydrogen-bond donors (Lipinski definition) is 0. The standard InChI is InChI=1S/C46H28N4O/c47-29-31-11-17-39(18-12-31)49(37-7-3-1-4-8-37)41-21-15-33-25-43-44-26-34-16-22-42(24-36(34)28-46(44)51-45(43)27-35(33)23-41)50(38-9-5-2-6-10-38)40-19-13-32(30-48)14-20-40/h1-28H. The molecule has 0 amide bonds. The Balaban J connectivity index is 1.14. The summed E-state index contributed by atoms with van der Waals surface area (Å²) in [6.45, 7) is 0. The van der Waals surface area contributed by atoms with Crippen molar-refractivity contribution in [2.75, 3.05) is 9.80 Å². The minimum Gasteiger partial charge on any atom is -0.456 e. The Labute approximate surface area is 294 Å². The maximum absolute atomic E-state index is 9.37. The van der Waals surface area contributed by atoms with Gasteiger partial charge >= 0.3 is 0 Å². The molecule has 0 saturated carbocycles. The number of hydrogen-bond acceptors (Lipinski definition) is 5. The molecule has 5 heteroatoms. The minimum absolute atomic E-state index is 0.626. The number of anilines is 6. The molecule has 0 atom stereocenters. The molecule has 1 aromatic heterocycles. The maximum Gasteiger partial charge on any atom is 0.136 e. The van der Waals surface area contributed by atoms with Crippen LogP contribution < -0.4 is 9.80 Å². The van der Waals surface area contributed by atoms with Crippen molar-refractivity contribution in [1.29, 1.82) is 10.5 Å². The second-order valence-corrected chi connectivity index (χ2v) is 12.5. The molecule has 0 unspecified atom stereocenters. The van der Waals surface area contributed by atoms with Crippen molar-refractivity contribution in [2.45, 2.75) is 0 Å². The Morgan fingerprint density at radius 2 is 0.725 bits per heavy atom. The van der Waals surface area contributed by atoms with E-state index in [0.717, 1.165) is 77.6 Å². The first kappa shape index (κ1) is 29.8. The van der Waals surface area contributed by atoms with E-state index in [-0.39, 0.29) is 0 Å².